The normalized spacial score (nSPS) is 12.7. The van der Waals surface area contributed by atoms with Crippen LogP contribution in [0.25, 0.3) is 0 Å². The molecule has 1 aromatic carbocycles. The average Bonchev–Trinajstić information content (AvgIpc) is 2.24. The molecule has 4 heteroatoms. The predicted molar refractivity (Wildman–Crippen MR) is 60.9 cm³/mol. The molecule has 1 unspecified atom stereocenters. The molecule has 0 heterocycles. The molecule has 0 bridgehead atoms. The number of benzene rings is 1. The predicted octanol–water partition coefficient (Wildman–Crippen LogP) is 1.74. The standard InChI is InChI=1S/C11H16ClNO2/c12-10-4-1-3-9(7-10)11(8-13)15-6-2-5-14/h1,3-4,7,11,14H,2,5-6,8,13H2. The first-order valence-electron chi connectivity index (χ1n) is 4.96. The fraction of sp³-hybridized carbons (Fsp3) is 0.455. The van der Waals surface area contributed by atoms with E-state index in [9.17, 15) is 0 Å². The molecule has 0 fully saturated rings. The number of aliphatic hydroxyl groups is 1. The Morgan fingerprint density at radius 2 is 2.27 bits per heavy atom. The van der Waals surface area contributed by atoms with Gasteiger partial charge in [0.2, 0.25) is 0 Å². The van der Waals surface area contributed by atoms with Crippen LogP contribution in [0.15, 0.2) is 24.3 Å². The van der Waals surface area contributed by atoms with Crippen molar-refractivity contribution >= 4 is 11.6 Å². The highest BCUT2D eigenvalue weighted by Crippen LogP contribution is 2.20. The minimum Gasteiger partial charge on any atom is -0.396 e. The van der Waals surface area contributed by atoms with Gasteiger partial charge in [-0.05, 0) is 24.1 Å². The Morgan fingerprint density at radius 3 is 2.87 bits per heavy atom. The van der Waals surface area contributed by atoms with Gasteiger partial charge in [0.25, 0.3) is 0 Å². The first-order valence-corrected chi connectivity index (χ1v) is 5.33. The molecule has 0 aliphatic rings. The molecule has 84 valence electrons. The number of hydrogen-bond donors (Lipinski definition) is 2. The summed E-state index contributed by atoms with van der Waals surface area (Å²) in [6.07, 6.45) is 0.479. The van der Waals surface area contributed by atoms with Crippen molar-refractivity contribution in [1.82, 2.24) is 0 Å². The third-order valence-electron chi connectivity index (χ3n) is 2.06. The maximum atomic E-state index is 8.63. The van der Waals surface area contributed by atoms with Crippen LogP contribution in [0, 0.1) is 0 Å². The van der Waals surface area contributed by atoms with Crippen molar-refractivity contribution in [2.75, 3.05) is 19.8 Å². The average molecular weight is 230 g/mol. The largest absolute Gasteiger partial charge is 0.396 e. The van der Waals surface area contributed by atoms with Crippen molar-refractivity contribution in [2.45, 2.75) is 12.5 Å². The summed E-state index contributed by atoms with van der Waals surface area (Å²) in [6.45, 7) is 1.05. The molecule has 3 N–H and O–H groups in total. The van der Waals surface area contributed by atoms with Gasteiger partial charge < -0.3 is 15.6 Å². The highest BCUT2D eigenvalue weighted by atomic mass is 35.5. The summed E-state index contributed by atoms with van der Waals surface area (Å²) in [5.74, 6) is 0. The third kappa shape index (κ3) is 4.18. The Balaban J connectivity index is 2.57. The first-order chi connectivity index (χ1) is 7.27. The van der Waals surface area contributed by atoms with Gasteiger partial charge in [0.15, 0.2) is 0 Å². The van der Waals surface area contributed by atoms with Gasteiger partial charge in [0.1, 0.15) is 0 Å². The van der Waals surface area contributed by atoms with E-state index in [0.717, 1.165) is 5.56 Å². The van der Waals surface area contributed by atoms with E-state index in [1.807, 2.05) is 24.3 Å². The molecule has 0 amide bonds. The minimum atomic E-state index is -0.143. The van der Waals surface area contributed by atoms with E-state index in [2.05, 4.69) is 0 Å². The summed E-state index contributed by atoms with van der Waals surface area (Å²) < 4.78 is 5.53. The van der Waals surface area contributed by atoms with Gasteiger partial charge in [0, 0.05) is 24.8 Å². The Labute approximate surface area is 94.8 Å². The molecule has 0 aliphatic carbocycles. The van der Waals surface area contributed by atoms with Crippen molar-refractivity contribution in [3.8, 4) is 0 Å². The zero-order chi connectivity index (χ0) is 11.1. The number of nitrogens with two attached hydrogens (primary N) is 1. The smallest absolute Gasteiger partial charge is 0.0947 e. The van der Waals surface area contributed by atoms with E-state index in [4.69, 9.17) is 27.2 Å². The van der Waals surface area contributed by atoms with E-state index < -0.39 is 0 Å². The summed E-state index contributed by atoms with van der Waals surface area (Å²) in [6, 6.07) is 7.46. The second kappa shape index (κ2) is 6.80. The minimum absolute atomic E-state index is 0.132. The van der Waals surface area contributed by atoms with Crippen molar-refractivity contribution in [3.63, 3.8) is 0 Å². The van der Waals surface area contributed by atoms with Gasteiger partial charge in [-0.3, -0.25) is 0 Å². The lowest BCUT2D eigenvalue weighted by molar-refractivity contribution is 0.0489. The maximum absolute atomic E-state index is 8.63. The zero-order valence-electron chi connectivity index (χ0n) is 8.53. The van der Waals surface area contributed by atoms with E-state index in [1.54, 1.807) is 0 Å². The number of halogens is 1. The molecule has 1 aromatic rings. The molecule has 1 atom stereocenters. The second-order valence-electron chi connectivity index (χ2n) is 3.23. The summed E-state index contributed by atoms with van der Waals surface area (Å²) in [5, 5.41) is 9.31. The fourth-order valence-corrected chi connectivity index (χ4v) is 1.50. The summed E-state index contributed by atoms with van der Waals surface area (Å²) in [4.78, 5) is 0. The lowest BCUT2D eigenvalue weighted by atomic mass is 10.1. The number of ether oxygens (including phenoxy) is 1. The Bertz CT molecular complexity index is 294. The van der Waals surface area contributed by atoms with Gasteiger partial charge in [-0.15, -0.1) is 0 Å². The van der Waals surface area contributed by atoms with Crippen LogP contribution in [-0.4, -0.2) is 24.9 Å². The number of aliphatic hydroxyl groups excluding tert-OH is 1. The molecule has 3 nitrogen and oxygen atoms in total. The van der Waals surface area contributed by atoms with E-state index in [-0.39, 0.29) is 12.7 Å². The van der Waals surface area contributed by atoms with Crippen LogP contribution in [0.4, 0.5) is 0 Å². The van der Waals surface area contributed by atoms with Gasteiger partial charge in [0.05, 0.1) is 6.10 Å². The monoisotopic (exact) mass is 229 g/mol. The molecular formula is C11H16ClNO2. The van der Waals surface area contributed by atoms with Crippen LogP contribution in [0.3, 0.4) is 0 Å². The van der Waals surface area contributed by atoms with Gasteiger partial charge in [-0.2, -0.15) is 0 Å². The summed E-state index contributed by atoms with van der Waals surface area (Å²) >= 11 is 5.87. The van der Waals surface area contributed by atoms with Gasteiger partial charge in [-0.1, -0.05) is 23.7 Å². The topological polar surface area (TPSA) is 55.5 Å². The molecule has 1 rings (SSSR count). The van der Waals surface area contributed by atoms with E-state index in [0.29, 0.717) is 24.6 Å². The Hall–Kier alpha value is -0.610. The van der Waals surface area contributed by atoms with Crippen molar-refractivity contribution < 1.29 is 9.84 Å². The molecule has 15 heavy (non-hydrogen) atoms. The van der Waals surface area contributed by atoms with Crippen molar-refractivity contribution in [2.24, 2.45) is 5.73 Å². The van der Waals surface area contributed by atoms with Crippen molar-refractivity contribution in [1.29, 1.82) is 0 Å². The number of hydrogen-bond acceptors (Lipinski definition) is 3. The van der Waals surface area contributed by atoms with Crippen LogP contribution in [0.5, 0.6) is 0 Å². The molecule has 0 saturated carbocycles. The zero-order valence-corrected chi connectivity index (χ0v) is 9.28. The Kier molecular flexibility index (Phi) is 5.65. The van der Waals surface area contributed by atoms with Gasteiger partial charge >= 0.3 is 0 Å². The molecule has 0 saturated heterocycles. The number of rotatable bonds is 6. The molecular weight excluding hydrogens is 214 g/mol. The van der Waals surface area contributed by atoms with E-state index in [1.165, 1.54) is 0 Å². The van der Waals surface area contributed by atoms with Crippen LogP contribution in [0.1, 0.15) is 18.1 Å². The molecule has 0 aliphatic heterocycles. The molecule has 0 radical (unpaired) electrons. The highest BCUT2D eigenvalue weighted by Gasteiger charge is 2.09. The van der Waals surface area contributed by atoms with Crippen molar-refractivity contribution in [3.05, 3.63) is 34.9 Å². The lowest BCUT2D eigenvalue weighted by Gasteiger charge is -2.16. The second-order valence-corrected chi connectivity index (χ2v) is 3.66. The molecule has 0 spiro atoms. The van der Waals surface area contributed by atoms with Crippen LogP contribution < -0.4 is 5.73 Å². The third-order valence-corrected chi connectivity index (χ3v) is 2.29. The lowest BCUT2D eigenvalue weighted by Crippen LogP contribution is -2.16. The summed E-state index contributed by atoms with van der Waals surface area (Å²) in [5.41, 5.74) is 6.58. The first kappa shape index (κ1) is 12.5. The van der Waals surface area contributed by atoms with E-state index >= 15 is 0 Å². The van der Waals surface area contributed by atoms with Crippen LogP contribution in [0.2, 0.25) is 5.02 Å². The highest BCUT2D eigenvalue weighted by molar-refractivity contribution is 6.30. The van der Waals surface area contributed by atoms with Crippen LogP contribution in [-0.2, 0) is 4.74 Å². The van der Waals surface area contributed by atoms with Gasteiger partial charge in [-0.25, -0.2) is 0 Å². The fourth-order valence-electron chi connectivity index (χ4n) is 1.30. The SMILES string of the molecule is NCC(OCCCO)c1cccc(Cl)c1. The summed E-state index contributed by atoms with van der Waals surface area (Å²) in [7, 11) is 0. The Morgan fingerprint density at radius 1 is 1.47 bits per heavy atom. The maximum Gasteiger partial charge on any atom is 0.0947 e. The molecule has 0 aromatic heterocycles. The van der Waals surface area contributed by atoms with Crippen LogP contribution >= 0.6 is 11.6 Å². The quantitative estimate of drug-likeness (QED) is 0.731.